The number of nitrogens with one attached hydrogen (secondary N) is 1. The smallest absolute Gasteiger partial charge is 0.262 e. The Morgan fingerprint density at radius 1 is 1.32 bits per heavy atom. The fourth-order valence-corrected chi connectivity index (χ4v) is 4.78. The van der Waals surface area contributed by atoms with Crippen LogP contribution in [-0.2, 0) is 16.1 Å². The average Bonchev–Trinajstić information content (AvgIpc) is 3.25. The van der Waals surface area contributed by atoms with Gasteiger partial charge in [0.05, 0.1) is 28.8 Å². The first-order chi connectivity index (χ1) is 14.8. The number of aromatic nitrogens is 2. The van der Waals surface area contributed by atoms with E-state index in [1.807, 2.05) is 38.3 Å². The van der Waals surface area contributed by atoms with Gasteiger partial charge in [-0.25, -0.2) is 4.98 Å². The summed E-state index contributed by atoms with van der Waals surface area (Å²) in [6.45, 7) is 6.92. The Labute approximate surface area is 195 Å². The highest BCUT2D eigenvalue weighted by Crippen LogP contribution is 2.22. The number of carbonyl (C=O) groups excluding carboxylic acids is 1. The van der Waals surface area contributed by atoms with Gasteiger partial charge in [-0.3, -0.25) is 14.2 Å². The Kier molecular flexibility index (Phi) is 8.54. The van der Waals surface area contributed by atoms with Crippen molar-refractivity contribution in [1.29, 1.82) is 0 Å². The number of rotatable bonds is 10. The summed E-state index contributed by atoms with van der Waals surface area (Å²) in [5.41, 5.74) is 0.392. The van der Waals surface area contributed by atoms with E-state index in [1.54, 1.807) is 34.1 Å². The highest BCUT2D eigenvalue weighted by Gasteiger charge is 2.15. The highest BCUT2D eigenvalue weighted by molar-refractivity contribution is 7.99. The lowest BCUT2D eigenvalue weighted by Gasteiger charge is -2.15. The molecule has 3 aromatic rings. The van der Waals surface area contributed by atoms with Gasteiger partial charge in [0, 0.05) is 23.1 Å². The van der Waals surface area contributed by atoms with E-state index < -0.39 is 0 Å². The molecule has 2 heterocycles. The molecule has 0 spiro atoms. The maximum absolute atomic E-state index is 13.1. The second kappa shape index (κ2) is 11.1. The van der Waals surface area contributed by atoms with E-state index in [0.717, 1.165) is 4.88 Å². The van der Waals surface area contributed by atoms with Crippen molar-refractivity contribution in [2.75, 3.05) is 12.4 Å². The number of ether oxygens (including phenoxy) is 1. The van der Waals surface area contributed by atoms with Crippen LogP contribution in [0, 0.1) is 0 Å². The first kappa shape index (κ1) is 23.8. The van der Waals surface area contributed by atoms with Gasteiger partial charge in [-0.2, -0.15) is 0 Å². The van der Waals surface area contributed by atoms with Crippen molar-refractivity contribution in [1.82, 2.24) is 14.9 Å². The maximum atomic E-state index is 13.1. The van der Waals surface area contributed by atoms with Crippen molar-refractivity contribution in [3.8, 4) is 0 Å². The van der Waals surface area contributed by atoms with E-state index in [0.29, 0.717) is 40.7 Å². The first-order valence-corrected chi connectivity index (χ1v) is 12.4. The number of amides is 1. The number of hydrogen-bond acceptors (Lipinski definition) is 6. The molecule has 31 heavy (non-hydrogen) atoms. The van der Waals surface area contributed by atoms with Crippen LogP contribution in [0.1, 0.15) is 38.1 Å². The van der Waals surface area contributed by atoms with Gasteiger partial charge in [0.25, 0.3) is 5.56 Å². The second-order valence-corrected chi connectivity index (χ2v) is 9.74. The molecule has 0 aliphatic heterocycles. The molecule has 1 unspecified atom stereocenters. The molecule has 9 heteroatoms. The largest absolute Gasteiger partial charge is 0.379 e. The monoisotopic (exact) mass is 479 g/mol. The molecule has 1 aromatic carbocycles. The zero-order valence-corrected chi connectivity index (χ0v) is 20.1. The van der Waals surface area contributed by atoms with Crippen LogP contribution in [0.3, 0.4) is 0 Å². The summed E-state index contributed by atoms with van der Waals surface area (Å²) in [7, 11) is 0. The molecule has 1 amide bonds. The molecule has 1 N–H and O–H groups in total. The molecule has 2 aromatic heterocycles. The van der Waals surface area contributed by atoms with Gasteiger partial charge in [-0.1, -0.05) is 29.4 Å². The number of carbonyl (C=O) groups is 1. The molecular weight excluding hydrogens is 454 g/mol. The summed E-state index contributed by atoms with van der Waals surface area (Å²) in [5.74, 6) is 0.0533. The summed E-state index contributed by atoms with van der Waals surface area (Å²) >= 11 is 8.95. The van der Waals surface area contributed by atoms with E-state index in [2.05, 4.69) is 10.3 Å². The predicted octanol–water partition coefficient (Wildman–Crippen LogP) is 4.90. The van der Waals surface area contributed by atoms with Crippen molar-refractivity contribution in [3.63, 3.8) is 0 Å². The van der Waals surface area contributed by atoms with E-state index in [9.17, 15) is 9.59 Å². The Bertz CT molecular complexity index is 1080. The molecule has 0 bridgehead atoms. The van der Waals surface area contributed by atoms with Crippen LogP contribution in [0.5, 0.6) is 0 Å². The Morgan fingerprint density at radius 3 is 2.84 bits per heavy atom. The Morgan fingerprint density at radius 2 is 2.13 bits per heavy atom. The van der Waals surface area contributed by atoms with Crippen LogP contribution in [0.25, 0.3) is 10.9 Å². The van der Waals surface area contributed by atoms with Crippen molar-refractivity contribution >= 4 is 51.5 Å². The predicted molar refractivity (Wildman–Crippen MR) is 128 cm³/mol. The van der Waals surface area contributed by atoms with Gasteiger partial charge < -0.3 is 10.1 Å². The van der Waals surface area contributed by atoms with Gasteiger partial charge >= 0.3 is 0 Å². The third-order valence-corrected chi connectivity index (χ3v) is 6.81. The SMILES string of the molecule is CC(C)OCCCn1c(SCC(=O)NC(C)c2cccs2)nc2cc(Cl)ccc2c1=O. The summed E-state index contributed by atoms with van der Waals surface area (Å²) < 4.78 is 7.23. The van der Waals surface area contributed by atoms with E-state index >= 15 is 0 Å². The van der Waals surface area contributed by atoms with Crippen LogP contribution < -0.4 is 10.9 Å². The summed E-state index contributed by atoms with van der Waals surface area (Å²) in [6.07, 6.45) is 0.810. The van der Waals surface area contributed by atoms with Gasteiger partial charge in [0.15, 0.2) is 5.16 Å². The summed E-state index contributed by atoms with van der Waals surface area (Å²) in [6, 6.07) is 8.95. The Balaban J connectivity index is 1.76. The number of hydrogen-bond donors (Lipinski definition) is 1. The van der Waals surface area contributed by atoms with Crippen molar-refractivity contribution < 1.29 is 9.53 Å². The lowest BCUT2D eigenvalue weighted by molar-refractivity contribution is -0.119. The normalized spacial score (nSPS) is 12.4. The zero-order chi connectivity index (χ0) is 22.4. The molecule has 0 saturated carbocycles. The molecule has 0 aliphatic rings. The molecule has 0 radical (unpaired) electrons. The standard InChI is InChI=1S/C22H26ClN3O3S2/c1-14(2)29-10-5-9-26-21(28)17-8-7-16(23)12-18(17)25-22(26)31-13-20(27)24-15(3)19-6-4-11-30-19/h4,6-8,11-12,14-15H,5,9-10,13H2,1-3H3,(H,24,27). The molecule has 0 fully saturated rings. The topological polar surface area (TPSA) is 73.2 Å². The fourth-order valence-electron chi connectivity index (χ4n) is 3.04. The number of nitrogens with zero attached hydrogens (tertiary/aromatic N) is 2. The van der Waals surface area contributed by atoms with Gasteiger partial charge in [-0.15, -0.1) is 11.3 Å². The maximum Gasteiger partial charge on any atom is 0.262 e. The third kappa shape index (κ3) is 6.55. The molecule has 3 rings (SSSR count). The quantitative estimate of drug-likeness (QED) is 0.254. The minimum atomic E-state index is -0.138. The fraction of sp³-hybridized carbons (Fsp3) is 0.409. The molecule has 6 nitrogen and oxygen atoms in total. The van der Waals surface area contributed by atoms with Crippen LogP contribution in [0.4, 0.5) is 0 Å². The van der Waals surface area contributed by atoms with Crippen LogP contribution in [0.15, 0.2) is 45.7 Å². The number of benzene rings is 1. The van der Waals surface area contributed by atoms with E-state index in [-0.39, 0.29) is 29.4 Å². The first-order valence-electron chi connectivity index (χ1n) is 10.1. The van der Waals surface area contributed by atoms with Crippen LogP contribution in [-0.4, -0.2) is 33.9 Å². The van der Waals surface area contributed by atoms with Crippen LogP contribution in [0.2, 0.25) is 5.02 Å². The minimum absolute atomic E-state index is 0.0631. The average molecular weight is 480 g/mol. The summed E-state index contributed by atoms with van der Waals surface area (Å²) in [5, 5.41) is 6.50. The number of thiophene rings is 1. The molecular formula is C22H26ClN3O3S2. The lowest BCUT2D eigenvalue weighted by Crippen LogP contribution is -2.29. The molecule has 0 saturated heterocycles. The zero-order valence-electron chi connectivity index (χ0n) is 17.8. The minimum Gasteiger partial charge on any atom is -0.379 e. The highest BCUT2D eigenvalue weighted by atomic mass is 35.5. The van der Waals surface area contributed by atoms with Gasteiger partial charge in [0.1, 0.15) is 0 Å². The van der Waals surface area contributed by atoms with Crippen LogP contribution >= 0.6 is 34.7 Å². The van der Waals surface area contributed by atoms with Gasteiger partial charge in [-0.05, 0) is 56.8 Å². The second-order valence-electron chi connectivity index (χ2n) is 7.38. The van der Waals surface area contributed by atoms with Crippen molar-refractivity contribution in [3.05, 3.63) is 56.0 Å². The number of thioether (sulfide) groups is 1. The van der Waals surface area contributed by atoms with Crippen molar-refractivity contribution in [2.45, 2.75) is 51.0 Å². The third-order valence-electron chi connectivity index (χ3n) is 4.54. The lowest BCUT2D eigenvalue weighted by atomic mass is 10.2. The number of fused-ring (bicyclic) bond motifs is 1. The molecule has 166 valence electrons. The number of halogens is 1. The van der Waals surface area contributed by atoms with E-state index in [1.165, 1.54) is 11.8 Å². The van der Waals surface area contributed by atoms with Crippen molar-refractivity contribution in [2.24, 2.45) is 0 Å². The Hall–Kier alpha value is -1.87. The summed E-state index contributed by atoms with van der Waals surface area (Å²) in [4.78, 5) is 31.3. The molecule has 1 atom stereocenters. The molecule has 0 aliphatic carbocycles. The van der Waals surface area contributed by atoms with Gasteiger partial charge in [0.2, 0.25) is 5.91 Å². The van der Waals surface area contributed by atoms with E-state index in [4.69, 9.17) is 16.3 Å².